The second-order valence-corrected chi connectivity index (χ2v) is 8.52. The second-order valence-electron chi connectivity index (χ2n) is 7.28. The molecule has 0 saturated carbocycles. The molecule has 0 radical (unpaired) electrons. The fraction of sp³-hybridized carbons (Fsp3) is 0.304. The van der Waals surface area contributed by atoms with Gasteiger partial charge in [0.25, 0.3) is 0 Å². The van der Waals surface area contributed by atoms with E-state index < -0.39 is 0 Å². The largest absolute Gasteiger partial charge is 0.378 e. The van der Waals surface area contributed by atoms with Crippen LogP contribution in [0.3, 0.4) is 0 Å². The number of ether oxygens (including phenoxy) is 1. The van der Waals surface area contributed by atoms with Gasteiger partial charge in [-0.15, -0.1) is 11.3 Å². The number of halogens is 2. The number of hydrogen-bond acceptors (Lipinski definition) is 4. The molecule has 0 N–H and O–H groups in total. The van der Waals surface area contributed by atoms with Gasteiger partial charge in [0, 0.05) is 29.0 Å². The summed E-state index contributed by atoms with van der Waals surface area (Å²) < 4.78 is 19.0. The van der Waals surface area contributed by atoms with E-state index in [1.807, 2.05) is 29.6 Å². The van der Waals surface area contributed by atoms with Crippen molar-refractivity contribution in [2.24, 2.45) is 0 Å². The van der Waals surface area contributed by atoms with Crippen LogP contribution in [0.15, 0.2) is 53.9 Å². The highest BCUT2D eigenvalue weighted by atomic mass is 35.5. The van der Waals surface area contributed by atoms with Gasteiger partial charge in [-0.2, -0.15) is 0 Å². The van der Waals surface area contributed by atoms with E-state index in [0.717, 1.165) is 36.3 Å². The smallest absolute Gasteiger partial charge is 0.229 e. The van der Waals surface area contributed by atoms with Crippen molar-refractivity contribution in [2.45, 2.75) is 38.3 Å². The first kappa shape index (κ1) is 21.0. The zero-order valence-electron chi connectivity index (χ0n) is 16.4. The molecule has 0 bridgehead atoms. The van der Waals surface area contributed by atoms with Crippen LogP contribution in [-0.4, -0.2) is 23.6 Å². The predicted molar refractivity (Wildman–Crippen MR) is 118 cm³/mol. The van der Waals surface area contributed by atoms with Crippen LogP contribution in [0.1, 0.15) is 31.2 Å². The van der Waals surface area contributed by atoms with Crippen molar-refractivity contribution >= 4 is 34.0 Å². The summed E-state index contributed by atoms with van der Waals surface area (Å²) in [6.07, 6.45) is 3.27. The van der Waals surface area contributed by atoms with E-state index in [9.17, 15) is 9.18 Å². The van der Waals surface area contributed by atoms with Crippen molar-refractivity contribution < 1.29 is 13.9 Å². The molecule has 0 spiro atoms. The van der Waals surface area contributed by atoms with Gasteiger partial charge in [0.05, 0.1) is 18.3 Å². The lowest BCUT2D eigenvalue weighted by Gasteiger charge is -2.21. The molecule has 1 aromatic heterocycles. The molecule has 3 aromatic rings. The Bertz CT molecular complexity index is 1000. The molecule has 4 rings (SSSR count). The number of carbonyl (C=O) groups is 1. The normalized spacial score (nSPS) is 16.0. The summed E-state index contributed by atoms with van der Waals surface area (Å²) >= 11 is 7.71. The van der Waals surface area contributed by atoms with Crippen molar-refractivity contribution in [2.75, 3.05) is 11.5 Å². The van der Waals surface area contributed by atoms with Gasteiger partial charge in [-0.3, -0.25) is 9.69 Å². The topological polar surface area (TPSA) is 42.4 Å². The Hall–Kier alpha value is -2.28. The fourth-order valence-corrected chi connectivity index (χ4v) is 4.58. The maximum atomic E-state index is 13.3. The van der Waals surface area contributed by atoms with Gasteiger partial charge in [-0.25, -0.2) is 9.37 Å². The van der Waals surface area contributed by atoms with Crippen LogP contribution in [0.5, 0.6) is 0 Å². The van der Waals surface area contributed by atoms with Crippen molar-refractivity contribution in [1.29, 1.82) is 0 Å². The van der Waals surface area contributed by atoms with Crippen LogP contribution < -0.4 is 4.90 Å². The lowest BCUT2D eigenvalue weighted by atomic mass is 10.1. The number of carbonyl (C=O) groups excluding carboxylic acids is 1. The van der Waals surface area contributed by atoms with E-state index in [0.29, 0.717) is 29.5 Å². The predicted octanol–water partition coefficient (Wildman–Crippen LogP) is 6.10. The summed E-state index contributed by atoms with van der Waals surface area (Å²) in [5, 5.41) is 3.12. The SMILES string of the molecule is O=C(CCC1CCCO1)N(Cc1ccc(F)cc1)c1nc(-c2ccccc2Cl)cs1. The number of amides is 1. The third kappa shape index (κ3) is 5.06. The van der Waals surface area contributed by atoms with E-state index in [4.69, 9.17) is 21.3 Å². The molecular weight excluding hydrogens is 423 g/mol. The lowest BCUT2D eigenvalue weighted by molar-refractivity contribution is -0.119. The number of rotatable bonds is 7. The summed E-state index contributed by atoms with van der Waals surface area (Å²) in [7, 11) is 0. The zero-order valence-corrected chi connectivity index (χ0v) is 18.0. The quantitative estimate of drug-likeness (QED) is 0.442. The van der Waals surface area contributed by atoms with Crippen LogP contribution in [0, 0.1) is 5.82 Å². The van der Waals surface area contributed by atoms with Crippen LogP contribution >= 0.6 is 22.9 Å². The van der Waals surface area contributed by atoms with Gasteiger partial charge in [0.2, 0.25) is 5.91 Å². The van der Waals surface area contributed by atoms with E-state index in [1.165, 1.54) is 23.5 Å². The van der Waals surface area contributed by atoms with E-state index >= 15 is 0 Å². The molecular formula is C23H22ClFN2O2S. The number of hydrogen-bond donors (Lipinski definition) is 0. The first-order valence-electron chi connectivity index (χ1n) is 9.97. The summed E-state index contributed by atoms with van der Waals surface area (Å²) in [5.41, 5.74) is 2.41. The molecule has 1 aliphatic heterocycles. The number of nitrogens with zero attached hydrogens (tertiary/aromatic N) is 2. The summed E-state index contributed by atoms with van der Waals surface area (Å²) in [5.74, 6) is -0.319. The molecule has 1 fully saturated rings. The monoisotopic (exact) mass is 444 g/mol. The molecule has 30 heavy (non-hydrogen) atoms. The minimum Gasteiger partial charge on any atom is -0.378 e. The Kier molecular flexibility index (Phi) is 6.77. The third-order valence-corrected chi connectivity index (χ3v) is 6.33. The Labute approximate surface area is 184 Å². The Morgan fingerprint density at radius 1 is 1.23 bits per heavy atom. The van der Waals surface area contributed by atoms with E-state index in [2.05, 4.69) is 0 Å². The third-order valence-electron chi connectivity index (χ3n) is 5.13. The number of aromatic nitrogens is 1. The van der Waals surface area contributed by atoms with Crippen LogP contribution in [0.25, 0.3) is 11.3 Å². The lowest BCUT2D eigenvalue weighted by Crippen LogP contribution is -2.31. The second kappa shape index (κ2) is 9.69. The first-order chi connectivity index (χ1) is 14.6. The molecule has 1 atom stereocenters. The standard InChI is InChI=1S/C23H22ClFN2O2S/c24-20-6-2-1-5-19(20)21-15-30-23(26-21)27(14-16-7-9-17(25)10-8-16)22(28)12-11-18-4-3-13-29-18/h1-2,5-10,15,18H,3-4,11-14H2. The molecule has 2 heterocycles. The Morgan fingerprint density at radius 2 is 2.03 bits per heavy atom. The van der Waals surface area contributed by atoms with E-state index in [1.54, 1.807) is 17.0 Å². The van der Waals surface area contributed by atoms with Crippen molar-refractivity contribution in [3.8, 4) is 11.3 Å². The molecule has 0 aliphatic carbocycles. The maximum Gasteiger partial charge on any atom is 0.229 e. The van der Waals surface area contributed by atoms with Crippen molar-refractivity contribution in [3.63, 3.8) is 0 Å². The highest BCUT2D eigenvalue weighted by molar-refractivity contribution is 7.14. The molecule has 1 amide bonds. The van der Waals surface area contributed by atoms with Crippen molar-refractivity contribution in [3.05, 3.63) is 70.3 Å². The average Bonchev–Trinajstić information content (AvgIpc) is 3.44. The summed E-state index contributed by atoms with van der Waals surface area (Å²) in [6, 6.07) is 13.7. The first-order valence-corrected chi connectivity index (χ1v) is 11.2. The minimum absolute atomic E-state index is 0.0186. The number of anilines is 1. The Balaban J connectivity index is 1.56. The highest BCUT2D eigenvalue weighted by Gasteiger charge is 2.23. The Morgan fingerprint density at radius 3 is 2.77 bits per heavy atom. The number of benzene rings is 2. The summed E-state index contributed by atoms with van der Waals surface area (Å²) in [4.78, 5) is 19.5. The van der Waals surface area contributed by atoms with Gasteiger partial charge >= 0.3 is 0 Å². The molecule has 1 unspecified atom stereocenters. The number of thiazole rings is 1. The molecule has 2 aromatic carbocycles. The van der Waals surface area contributed by atoms with Gasteiger partial charge < -0.3 is 4.74 Å². The van der Waals surface area contributed by atoms with Crippen LogP contribution in [0.4, 0.5) is 9.52 Å². The summed E-state index contributed by atoms with van der Waals surface area (Å²) in [6.45, 7) is 1.10. The van der Waals surface area contributed by atoms with Gasteiger partial charge in [0.15, 0.2) is 5.13 Å². The van der Waals surface area contributed by atoms with Crippen LogP contribution in [0.2, 0.25) is 5.02 Å². The fourth-order valence-electron chi connectivity index (χ4n) is 3.51. The zero-order chi connectivity index (χ0) is 20.9. The maximum absolute atomic E-state index is 13.3. The van der Waals surface area contributed by atoms with E-state index in [-0.39, 0.29) is 17.8 Å². The molecule has 1 aliphatic rings. The van der Waals surface area contributed by atoms with Gasteiger partial charge in [-0.1, -0.05) is 41.9 Å². The molecule has 7 heteroatoms. The molecule has 156 valence electrons. The van der Waals surface area contributed by atoms with Crippen LogP contribution in [-0.2, 0) is 16.1 Å². The van der Waals surface area contributed by atoms with Crippen molar-refractivity contribution in [1.82, 2.24) is 4.98 Å². The van der Waals surface area contributed by atoms with Gasteiger partial charge in [0.1, 0.15) is 5.82 Å². The molecule has 4 nitrogen and oxygen atoms in total. The minimum atomic E-state index is -0.301. The molecule has 1 saturated heterocycles. The average molecular weight is 445 g/mol. The highest BCUT2D eigenvalue weighted by Crippen LogP contribution is 2.33. The van der Waals surface area contributed by atoms with Gasteiger partial charge in [-0.05, 0) is 43.0 Å².